The standard InChI is InChI=1S/C25H26N3O3/c1-24(2,3)16-10-12-17(13-11-16)27-22(29)26-15-14-19-21(28(26)23(27)30)18-8-6-7-9-20(18)31-25(19,4)5/h6,8-14,21H,15H2,1-5H3. The molecule has 1 unspecified atom stereocenters. The van der Waals surface area contributed by atoms with Gasteiger partial charge in [0.15, 0.2) is 0 Å². The molecule has 0 saturated heterocycles. The third-order valence-corrected chi connectivity index (χ3v) is 6.29. The molecule has 0 amide bonds. The topological polar surface area (TPSA) is 58.2 Å². The van der Waals surface area contributed by atoms with Crippen LogP contribution < -0.4 is 16.1 Å². The molecule has 3 heterocycles. The fourth-order valence-corrected chi connectivity index (χ4v) is 4.62. The molecule has 6 heteroatoms. The normalized spacial score (nSPS) is 19.0. The van der Waals surface area contributed by atoms with Crippen LogP contribution in [-0.4, -0.2) is 19.5 Å². The molecule has 1 radical (unpaired) electrons. The summed E-state index contributed by atoms with van der Waals surface area (Å²) < 4.78 is 10.6. The molecule has 5 rings (SSSR count). The monoisotopic (exact) mass is 416 g/mol. The summed E-state index contributed by atoms with van der Waals surface area (Å²) in [4.78, 5) is 26.9. The third kappa shape index (κ3) is 2.85. The van der Waals surface area contributed by atoms with E-state index in [2.05, 4.69) is 26.8 Å². The Hall–Kier alpha value is -3.28. The van der Waals surface area contributed by atoms with Crippen LogP contribution in [0.3, 0.4) is 0 Å². The van der Waals surface area contributed by atoms with E-state index in [4.69, 9.17) is 4.74 Å². The molecular weight excluding hydrogens is 390 g/mol. The van der Waals surface area contributed by atoms with Gasteiger partial charge >= 0.3 is 11.4 Å². The van der Waals surface area contributed by atoms with Gasteiger partial charge in [-0.25, -0.2) is 23.5 Å². The van der Waals surface area contributed by atoms with E-state index >= 15 is 0 Å². The Kier molecular flexibility index (Phi) is 4.04. The minimum Gasteiger partial charge on any atom is -0.483 e. The molecule has 31 heavy (non-hydrogen) atoms. The minimum atomic E-state index is -0.593. The van der Waals surface area contributed by atoms with Gasteiger partial charge in [0.25, 0.3) is 0 Å². The van der Waals surface area contributed by atoms with Gasteiger partial charge in [0.2, 0.25) is 0 Å². The second-order valence-electron chi connectivity index (χ2n) is 9.76. The maximum atomic E-state index is 13.6. The van der Waals surface area contributed by atoms with Crippen LogP contribution in [-0.2, 0) is 12.0 Å². The van der Waals surface area contributed by atoms with Crippen LogP contribution in [0.15, 0.2) is 63.7 Å². The molecule has 0 N–H and O–H groups in total. The van der Waals surface area contributed by atoms with Gasteiger partial charge in [-0.15, -0.1) is 0 Å². The zero-order valence-corrected chi connectivity index (χ0v) is 18.5. The van der Waals surface area contributed by atoms with Gasteiger partial charge in [-0.1, -0.05) is 51.1 Å². The van der Waals surface area contributed by atoms with Crippen molar-refractivity contribution in [1.82, 2.24) is 13.9 Å². The van der Waals surface area contributed by atoms with E-state index in [1.54, 1.807) is 10.7 Å². The Balaban J connectivity index is 1.71. The van der Waals surface area contributed by atoms with Crippen LogP contribution in [0.4, 0.5) is 0 Å². The summed E-state index contributed by atoms with van der Waals surface area (Å²) in [5, 5.41) is 0. The van der Waals surface area contributed by atoms with E-state index in [-0.39, 0.29) is 16.8 Å². The van der Waals surface area contributed by atoms with E-state index in [0.717, 1.165) is 16.7 Å². The van der Waals surface area contributed by atoms with Gasteiger partial charge in [0.1, 0.15) is 17.4 Å². The largest absolute Gasteiger partial charge is 0.483 e. The molecule has 0 bridgehead atoms. The number of hydrogen-bond donors (Lipinski definition) is 0. The maximum absolute atomic E-state index is 13.6. The van der Waals surface area contributed by atoms with Crippen LogP contribution in [0.25, 0.3) is 5.69 Å². The second-order valence-corrected chi connectivity index (χ2v) is 9.76. The predicted octanol–water partition coefficient (Wildman–Crippen LogP) is 3.60. The van der Waals surface area contributed by atoms with E-state index < -0.39 is 11.6 Å². The number of benzene rings is 2. The van der Waals surface area contributed by atoms with Crippen LogP contribution in [0.2, 0.25) is 0 Å². The van der Waals surface area contributed by atoms with Gasteiger partial charge in [0, 0.05) is 5.56 Å². The summed E-state index contributed by atoms with van der Waals surface area (Å²) in [6, 6.07) is 15.8. The number of allylic oxidation sites excluding steroid dienone is 1. The van der Waals surface area contributed by atoms with Gasteiger partial charge < -0.3 is 4.74 Å². The number of fused-ring (bicyclic) bond motifs is 5. The first-order chi connectivity index (χ1) is 14.6. The average molecular weight is 417 g/mol. The fourth-order valence-electron chi connectivity index (χ4n) is 4.62. The average Bonchev–Trinajstić information content (AvgIpc) is 2.97. The summed E-state index contributed by atoms with van der Waals surface area (Å²) in [5.74, 6) is 0.685. The van der Waals surface area contributed by atoms with Crippen LogP contribution >= 0.6 is 0 Å². The fraction of sp³-hybridized carbons (Fsp3) is 0.360. The van der Waals surface area contributed by atoms with Crippen LogP contribution in [0.1, 0.15) is 51.8 Å². The van der Waals surface area contributed by atoms with Crippen molar-refractivity contribution in [3.05, 3.63) is 92.3 Å². The molecule has 6 nitrogen and oxygen atoms in total. The van der Waals surface area contributed by atoms with Crippen molar-refractivity contribution in [3.8, 4) is 11.4 Å². The van der Waals surface area contributed by atoms with Crippen molar-refractivity contribution in [2.24, 2.45) is 0 Å². The molecule has 3 aromatic rings. The van der Waals surface area contributed by atoms with Crippen molar-refractivity contribution in [3.63, 3.8) is 0 Å². The van der Waals surface area contributed by atoms with Crippen molar-refractivity contribution < 1.29 is 4.74 Å². The summed E-state index contributed by atoms with van der Waals surface area (Å²) in [7, 11) is 0. The summed E-state index contributed by atoms with van der Waals surface area (Å²) in [6.45, 7) is 10.7. The molecule has 0 spiro atoms. The second kappa shape index (κ2) is 6.36. The van der Waals surface area contributed by atoms with Crippen molar-refractivity contribution in [2.45, 2.75) is 58.2 Å². The Bertz CT molecular complexity index is 1330. The van der Waals surface area contributed by atoms with Gasteiger partial charge in [-0.2, -0.15) is 0 Å². The lowest BCUT2D eigenvalue weighted by Crippen LogP contribution is -2.46. The quantitative estimate of drug-likeness (QED) is 0.570. The highest BCUT2D eigenvalue weighted by Gasteiger charge is 2.43. The van der Waals surface area contributed by atoms with Crippen LogP contribution in [0, 0.1) is 6.07 Å². The zero-order valence-electron chi connectivity index (χ0n) is 18.5. The Labute approximate surface area is 181 Å². The Morgan fingerprint density at radius 3 is 2.45 bits per heavy atom. The van der Waals surface area contributed by atoms with E-state index in [9.17, 15) is 9.59 Å². The molecular formula is C25H26N3O3. The molecule has 0 fully saturated rings. The first-order valence-electron chi connectivity index (χ1n) is 10.5. The number of ether oxygens (including phenoxy) is 1. The zero-order chi connectivity index (χ0) is 22.1. The van der Waals surface area contributed by atoms with E-state index in [1.165, 1.54) is 9.25 Å². The number of hydrogen-bond acceptors (Lipinski definition) is 3. The molecule has 0 aliphatic carbocycles. The lowest BCUT2D eigenvalue weighted by molar-refractivity contribution is 0.113. The van der Waals surface area contributed by atoms with Crippen molar-refractivity contribution in [1.29, 1.82) is 0 Å². The lowest BCUT2D eigenvalue weighted by Gasteiger charge is -2.42. The van der Waals surface area contributed by atoms with Gasteiger partial charge in [-0.3, -0.25) is 0 Å². The minimum absolute atomic E-state index is 0.00816. The Morgan fingerprint density at radius 1 is 1.06 bits per heavy atom. The highest BCUT2D eigenvalue weighted by Crippen LogP contribution is 2.45. The summed E-state index contributed by atoms with van der Waals surface area (Å²) >= 11 is 0. The maximum Gasteiger partial charge on any atom is 0.352 e. The van der Waals surface area contributed by atoms with Gasteiger partial charge in [-0.05, 0) is 54.7 Å². The molecule has 0 saturated carbocycles. The SMILES string of the molecule is CC1(C)Oc2c[c]ccc2C2C1=CCn1c(=O)n(-c3ccc(C(C)(C)C)cc3)c(=O)n12. The highest BCUT2D eigenvalue weighted by molar-refractivity contribution is 5.48. The van der Waals surface area contributed by atoms with Crippen molar-refractivity contribution >= 4 is 0 Å². The van der Waals surface area contributed by atoms with Crippen molar-refractivity contribution in [2.75, 3.05) is 0 Å². The van der Waals surface area contributed by atoms with E-state index in [1.807, 2.05) is 56.3 Å². The summed E-state index contributed by atoms with van der Waals surface area (Å²) in [5.41, 5.74) is 2.28. The molecule has 2 aliphatic rings. The summed E-state index contributed by atoms with van der Waals surface area (Å²) in [6.07, 6.45) is 2.01. The molecule has 159 valence electrons. The lowest BCUT2D eigenvalue weighted by atomic mass is 9.83. The first kappa shape index (κ1) is 19.7. The molecule has 1 aromatic heterocycles. The number of aromatic nitrogens is 3. The third-order valence-electron chi connectivity index (χ3n) is 6.29. The first-order valence-corrected chi connectivity index (χ1v) is 10.5. The van der Waals surface area contributed by atoms with E-state index in [0.29, 0.717) is 18.0 Å². The molecule has 2 aliphatic heterocycles. The van der Waals surface area contributed by atoms with Gasteiger partial charge in [0.05, 0.1) is 12.2 Å². The Morgan fingerprint density at radius 2 is 1.77 bits per heavy atom. The predicted molar refractivity (Wildman–Crippen MR) is 119 cm³/mol. The number of nitrogens with zero attached hydrogens (tertiary/aromatic N) is 3. The molecule has 2 aromatic carbocycles. The number of rotatable bonds is 1. The molecule has 1 atom stereocenters. The smallest absolute Gasteiger partial charge is 0.352 e. The highest BCUT2D eigenvalue weighted by atomic mass is 16.5. The van der Waals surface area contributed by atoms with Crippen LogP contribution in [0.5, 0.6) is 5.75 Å².